The number of carboxylic acids is 1. The molecule has 0 spiro atoms. The number of phenols is 2. The lowest BCUT2D eigenvalue weighted by Gasteiger charge is -2.15. The highest BCUT2D eigenvalue weighted by atomic mass is 16.5. The molecule has 4 aromatic carbocycles. The number of phenolic OH excluding ortho intramolecular Hbond substituents is 2. The largest absolute Gasteiger partial charge is 0.508 e. The molecule has 5 aromatic rings. The van der Waals surface area contributed by atoms with Gasteiger partial charge in [-0.3, -0.25) is 4.79 Å². The van der Waals surface area contributed by atoms with Gasteiger partial charge in [-0.25, -0.2) is 4.79 Å². The lowest BCUT2D eigenvalue weighted by Crippen LogP contribution is -2.13. The van der Waals surface area contributed by atoms with Gasteiger partial charge in [0, 0.05) is 18.2 Å². The topological polar surface area (TPSA) is 136 Å². The molecule has 0 radical (unpaired) electrons. The molecule has 3 N–H and O–H groups in total. The molecule has 0 aliphatic carbocycles. The molecular weight excluding hydrogens is 504 g/mol. The maximum absolute atomic E-state index is 13.3. The van der Waals surface area contributed by atoms with E-state index >= 15 is 0 Å². The molecule has 5 rings (SSSR count). The molecule has 0 unspecified atom stereocenters. The van der Waals surface area contributed by atoms with E-state index < -0.39 is 34.4 Å². The number of benzene rings is 4. The van der Waals surface area contributed by atoms with Crippen LogP contribution in [0, 0.1) is 0 Å². The van der Waals surface area contributed by atoms with Crippen LogP contribution < -0.4 is 19.6 Å². The third-order valence-electron chi connectivity index (χ3n) is 5.72. The van der Waals surface area contributed by atoms with E-state index in [4.69, 9.17) is 18.6 Å². The molecule has 0 amide bonds. The Morgan fingerprint density at radius 3 is 2.05 bits per heavy atom. The van der Waals surface area contributed by atoms with Crippen molar-refractivity contribution < 1.29 is 38.7 Å². The minimum Gasteiger partial charge on any atom is -0.508 e. The van der Waals surface area contributed by atoms with Gasteiger partial charge in [-0.2, -0.15) is 0 Å². The predicted octanol–water partition coefficient (Wildman–Crippen LogP) is 5.85. The van der Waals surface area contributed by atoms with Gasteiger partial charge in [0.1, 0.15) is 41.4 Å². The Hall–Kier alpha value is -5.44. The summed E-state index contributed by atoms with van der Waals surface area (Å²) in [6, 6.07) is 25.5. The van der Waals surface area contributed by atoms with Crippen molar-refractivity contribution in [3.8, 4) is 34.5 Å². The van der Waals surface area contributed by atoms with Gasteiger partial charge >= 0.3 is 5.97 Å². The average Bonchev–Trinajstić information content (AvgIpc) is 2.93. The van der Waals surface area contributed by atoms with Gasteiger partial charge in [0.25, 0.3) is 5.76 Å². The van der Waals surface area contributed by atoms with Crippen molar-refractivity contribution in [3.05, 3.63) is 118 Å². The highest BCUT2D eigenvalue weighted by molar-refractivity contribution is 5.93. The first-order valence-electron chi connectivity index (χ1n) is 11.8. The molecule has 0 bridgehead atoms. The van der Waals surface area contributed by atoms with Crippen LogP contribution >= 0.6 is 0 Å². The Morgan fingerprint density at radius 2 is 1.41 bits per heavy atom. The minimum absolute atomic E-state index is 0.0189. The van der Waals surface area contributed by atoms with Gasteiger partial charge in [-0.1, -0.05) is 60.7 Å². The van der Waals surface area contributed by atoms with Crippen LogP contribution in [0.15, 0.2) is 100 Å². The first-order chi connectivity index (χ1) is 18.9. The number of ether oxygens (including phenoxy) is 3. The van der Waals surface area contributed by atoms with E-state index in [0.29, 0.717) is 12.4 Å². The molecule has 0 aliphatic heterocycles. The number of carbonyl (C=O) groups is 1. The summed E-state index contributed by atoms with van der Waals surface area (Å²) in [5.74, 6) is -3.41. The molecule has 196 valence electrons. The fourth-order valence-corrected chi connectivity index (χ4v) is 3.86. The van der Waals surface area contributed by atoms with Gasteiger partial charge in [0.2, 0.25) is 11.2 Å². The Labute approximate surface area is 221 Å². The lowest BCUT2D eigenvalue weighted by molar-refractivity contribution is 0.0658. The van der Waals surface area contributed by atoms with E-state index in [9.17, 15) is 24.9 Å². The SMILES string of the molecule is O=C(O)c1oc2cc(O)cc(O)c2c(=O)c1Oc1ccc(OCc2ccccc2)cc1OCc1ccccc1. The number of hydrogen-bond donors (Lipinski definition) is 3. The van der Waals surface area contributed by atoms with Crippen molar-refractivity contribution >= 4 is 16.9 Å². The maximum atomic E-state index is 13.3. The highest BCUT2D eigenvalue weighted by Crippen LogP contribution is 2.38. The van der Waals surface area contributed by atoms with Gasteiger partial charge in [-0.05, 0) is 23.3 Å². The lowest BCUT2D eigenvalue weighted by atomic mass is 10.1. The van der Waals surface area contributed by atoms with E-state index in [-0.39, 0.29) is 29.1 Å². The molecule has 0 fully saturated rings. The van der Waals surface area contributed by atoms with Crippen LogP contribution in [0.5, 0.6) is 34.5 Å². The first kappa shape index (κ1) is 25.2. The van der Waals surface area contributed by atoms with Gasteiger partial charge in [-0.15, -0.1) is 0 Å². The molecule has 9 heteroatoms. The summed E-state index contributed by atoms with van der Waals surface area (Å²) >= 11 is 0. The van der Waals surface area contributed by atoms with Crippen molar-refractivity contribution in [2.75, 3.05) is 0 Å². The summed E-state index contributed by atoms with van der Waals surface area (Å²) in [5.41, 5.74) is 0.563. The van der Waals surface area contributed by atoms with E-state index in [2.05, 4.69) is 0 Å². The molecule has 0 atom stereocenters. The Kier molecular flexibility index (Phi) is 7.05. The van der Waals surface area contributed by atoms with Crippen molar-refractivity contribution in [1.82, 2.24) is 0 Å². The molecule has 1 aromatic heterocycles. The van der Waals surface area contributed by atoms with Crippen LogP contribution in [0.3, 0.4) is 0 Å². The van der Waals surface area contributed by atoms with Gasteiger partial charge < -0.3 is 33.9 Å². The van der Waals surface area contributed by atoms with Crippen LogP contribution in [0.2, 0.25) is 0 Å². The smallest absolute Gasteiger partial charge is 0.375 e. The Morgan fingerprint density at radius 1 is 0.769 bits per heavy atom. The molecule has 1 heterocycles. The van der Waals surface area contributed by atoms with Gasteiger partial charge in [0.15, 0.2) is 11.5 Å². The molecule has 39 heavy (non-hydrogen) atoms. The number of hydrogen-bond acceptors (Lipinski definition) is 8. The quantitative estimate of drug-likeness (QED) is 0.216. The van der Waals surface area contributed by atoms with Crippen molar-refractivity contribution in [1.29, 1.82) is 0 Å². The number of carboxylic acid groups (broad SMARTS) is 1. The Balaban J connectivity index is 1.53. The number of aromatic carboxylic acids is 1. The zero-order valence-corrected chi connectivity index (χ0v) is 20.4. The summed E-state index contributed by atoms with van der Waals surface area (Å²) in [6.45, 7) is 0.445. The molecule has 9 nitrogen and oxygen atoms in total. The summed E-state index contributed by atoms with van der Waals surface area (Å²) in [6.07, 6.45) is 0. The number of rotatable bonds is 9. The second kappa shape index (κ2) is 10.9. The van der Waals surface area contributed by atoms with Crippen molar-refractivity contribution in [2.45, 2.75) is 13.2 Å². The first-order valence-corrected chi connectivity index (χ1v) is 11.8. The third kappa shape index (κ3) is 5.62. The second-order valence-corrected chi connectivity index (χ2v) is 8.49. The van der Waals surface area contributed by atoms with Crippen LogP contribution in [0.1, 0.15) is 21.7 Å². The van der Waals surface area contributed by atoms with E-state index in [1.54, 1.807) is 12.1 Å². The summed E-state index contributed by atoms with van der Waals surface area (Å²) < 4.78 is 23.0. The minimum atomic E-state index is -1.58. The zero-order valence-electron chi connectivity index (χ0n) is 20.4. The summed E-state index contributed by atoms with van der Waals surface area (Å²) in [5, 5.41) is 29.4. The van der Waals surface area contributed by atoms with E-state index in [0.717, 1.165) is 23.3 Å². The fraction of sp³-hybridized carbons (Fsp3) is 0.0667. The second-order valence-electron chi connectivity index (χ2n) is 8.49. The third-order valence-corrected chi connectivity index (χ3v) is 5.72. The monoisotopic (exact) mass is 526 g/mol. The predicted molar refractivity (Wildman–Crippen MR) is 141 cm³/mol. The standard InChI is InChI=1S/C30H22O9/c31-20-13-22(32)26-25(14-20)39-29(30(34)35)28(27(26)33)38-23-12-11-21(36-16-18-7-3-1-4-8-18)15-24(23)37-17-19-9-5-2-6-10-19/h1-15,31-32H,16-17H2,(H,34,35). The van der Waals surface area contributed by atoms with Crippen molar-refractivity contribution in [2.24, 2.45) is 0 Å². The van der Waals surface area contributed by atoms with E-state index in [1.165, 1.54) is 6.07 Å². The van der Waals surface area contributed by atoms with Crippen LogP contribution in [0.4, 0.5) is 0 Å². The van der Waals surface area contributed by atoms with E-state index in [1.807, 2.05) is 60.7 Å². The maximum Gasteiger partial charge on any atom is 0.375 e. The number of fused-ring (bicyclic) bond motifs is 1. The van der Waals surface area contributed by atoms with Crippen molar-refractivity contribution in [3.63, 3.8) is 0 Å². The average molecular weight is 526 g/mol. The normalized spacial score (nSPS) is 10.8. The molecule has 0 saturated carbocycles. The molecule has 0 saturated heterocycles. The van der Waals surface area contributed by atoms with Gasteiger partial charge in [0.05, 0.1) is 0 Å². The van der Waals surface area contributed by atoms with Crippen LogP contribution in [-0.2, 0) is 13.2 Å². The zero-order chi connectivity index (χ0) is 27.4. The van der Waals surface area contributed by atoms with Crippen LogP contribution in [0.25, 0.3) is 11.0 Å². The summed E-state index contributed by atoms with van der Waals surface area (Å²) in [4.78, 5) is 25.2. The summed E-state index contributed by atoms with van der Waals surface area (Å²) in [7, 11) is 0. The highest BCUT2D eigenvalue weighted by Gasteiger charge is 2.25. The van der Waals surface area contributed by atoms with Crippen LogP contribution in [-0.4, -0.2) is 21.3 Å². The number of aromatic hydroxyl groups is 2. The fourth-order valence-electron chi connectivity index (χ4n) is 3.86. The Bertz CT molecular complexity index is 1690. The molecule has 0 aliphatic rings. The molecular formula is C30H22O9.